The first-order chi connectivity index (χ1) is 27.8. The van der Waals surface area contributed by atoms with E-state index in [0.717, 1.165) is 50.1 Å². The molecule has 0 N–H and O–H groups in total. The molecule has 8 aromatic carbocycles. The summed E-state index contributed by atoms with van der Waals surface area (Å²) in [7, 11) is 0. The SMILES string of the molecule is Cc1ccc(-c2ccc3c4ccccc4n(-c4cc(C)c(-c5cccc(C#N)c5)cc4-n4c5ccccc5c5ccc(-c6ccc(C)cc6C)cc54)c3c2)c(C)c1. The van der Waals surface area contributed by atoms with Crippen molar-refractivity contribution in [2.45, 2.75) is 34.6 Å². The quantitative estimate of drug-likeness (QED) is 0.173. The van der Waals surface area contributed by atoms with Crippen molar-refractivity contribution in [2.24, 2.45) is 0 Å². The number of hydrogen-bond donors (Lipinski definition) is 0. The van der Waals surface area contributed by atoms with Gasteiger partial charge in [0.25, 0.3) is 0 Å². The first kappa shape index (κ1) is 34.3. The third-order valence-corrected chi connectivity index (χ3v) is 11.8. The Bertz CT molecular complexity index is 3310. The first-order valence-corrected chi connectivity index (χ1v) is 19.6. The van der Waals surface area contributed by atoms with Gasteiger partial charge < -0.3 is 9.13 Å². The molecule has 57 heavy (non-hydrogen) atoms. The summed E-state index contributed by atoms with van der Waals surface area (Å²) in [6.07, 6.45) is 0. The molecule has 10 aromatic rings. The predicted octanol–water partition coefficient (Wildman–Crippen LogP) is 14.3. The average molecular weight is 732 g/mol. The van der Waals surface area contributed by atoms with Crippen molar-refractivity contribution in [3.63, 3.8) is 0 Å². The second-order valence-electron chi connectivity index (χ2n) is 15.7. The number of nitriles is 1. The molecular formula is C54H41N3. The van der Waals surface area contributed by atoms with E-state index in [1.807, 2.05) is 18.2 Å². The highest BCUT2D eigenvalue weighted by atomic mass is 15.1. The van der Waals surface area contributed by atoms with Crippen molar-refractivity contribution in [3.05, 3.63) is 191 Å². The summed E-state index contributed by atoms with van der Waals surface area (Å²) < 4.78 is 4.95. The van der Waals surface area contributed by atoms with Crippen molar-refractivity contribution in [2.75, 3.05) is 0 Å². The van der Waals surface area contributed by atoms with E-state index in [-0.39, 0.29) is 0 Å². The van der Waals surface area contributed by atoms with Gasteiger partial charge in [-0.05, 0) is 133 Å². The lowest BCUT2D eigenvalue weighted by molar-refractivity contribution is 1.09. The molecule has 0 atom stereocenters. The minimum absolute atomic E-state index is 0.647. The van der Waals surface area contributed by atoms with Crippen LogP contribution in [0.15, 0.2) is 158 Å². The second kappa shape index (κ2) is 13.3. The molecule has 2 aromatic heterocycles. The molecule has 0 fully saturated rings. The molecule has 3 heteroatoms. The summed E-state index contributed by atoms with van der Waals surface area (Å²) >= 11 is 0. The molecule has 0 amide bonds. The lowest BCUT2D eigenvalue weighted by Crippen LogP contribution is -2.05. The van der Waals surface area contributed by atoms with Gasteiger partial charge in [-0.2, -0.15) is 5.26 Å². The fraction of sp³-hybridized carbons (Fsp3) is 0.0926. The van der Waals surface area contributed by atoms with Crippen molar-refractivity contribution in [1.29, 1.82) is 5.26 Å². The van der Waals surface area contributed by atoms with Crippen LogP contribution in [0.2, 0.25) is 0 Å². The predicted molar refractivity (Wildman–Crippen MR) is 240 cm³/mol. The number of aryl methyl sites for hydroxylation is 5. The largest absolute Gasteiger partial charge is 0.307 e. The van der Waals surface area contributed by atoms with Crippen molar-refractivity contribution >= 4 is 43.6 Å². The van der Waals surface area contributed by atoms with Gasteiger partial charge in [0.1, 0.15) is 0 Å². The molecular weight excluding hydrogens is 691 g/mol. The Labute approximate surface area is 333 Å². The third kappa shape index (κ3) is 5.56. The van der Waals surface area contributed by atoms with Crippen LogP contribution in [0.3, 0.4) is 0 Å². The maximum Gasteiger partial charge on any atom is 0.0991 e. The molecule has 0 aliphatic rings. The molecule has 0 unspecified atom stereocenters. The summed E-state index contributed by atoms with van der Waals surface area (Å²) in [5.74, 6) is 0. The topological polar surface area (TPSA) is 33.6 Å². The lowest BCUT2D eigenvalue weighted by Gasteiger charge is -2.20. The molecule has 0 bridgehead atoms. The Morgan fingerprint density at radius 3 is 1.37 bits per heavy atom. The number of rotatable bonds is 5. The molecule has 0 aliphatic carbocycles. The lowest BCUT2D eigenvalue weighted by atomic mass is 9.96. The number of nitrogens with zero attached hydrogens (tertiary/aromatic N) is 3. The standard InChI is InChI=1S/C54H41N3/c1-33-17-21-42(35(3)25-33)40-19-23-46-44-13-6-8-15-49(44)56(51(46)29-40)53-27-37(5)48(39-12-10-11-38(28-39)32-55)31-54(53)57-50-16-9-7-14-45(50)47-24-20-41(30-52(47)57)43-22-18-34(2)26-36(43)4/h6-31H,1-5H3. The number of benzene rings is 8. The van der Waals surface area contributed by atoms with Crippen LogP contribution in [0, 0.1) is 45.9 Å². The summed E-state index contributed by atoms with van der Waals surface area (Å²) in [6, 6.07) is 60.0. The number of para-hydroxylation sites is 2. The van der Waals surface area contributed by atoms with Crippen LogP contribution in [-0.2, 0) is 0 Å². The van der Waals surface area contributed by atoms with Gasteiger partial charge in [0.15, 0.2) is 0 Å². The zero-order chi connectivity index (χ0) is 38.9. The number of fused-ring (bicyclic) bond motifs is 6. The molecule has 0 radical (unpaired) electrons. The fourth-order valence-corrected chi connectivity index (χ4v) is 9.18. The molecule has 0 saturated carbocycles. The molecule has 0 aliphatic heterocycles. The van der Waals surface area contributed by atoms with Gasteiger partial charge in [-0.15, -0.1) is 0 Å². The van der Waals surface area contributed by atoms with Gasteiger partial charge in [0, 0.05) is 21.5 Å². The van der Waals surface area contributed by atoms with Crippen LogP contribution in [0.25, 0.3) is 88.4 Å². The number of hydrogen-bond acceptors (Lipinski definition) is 1. The highest BCUT2D eigenvalue weighted by Crippen LogP contribution is 2.43. The van der Waals surface area contributed by atoms with Gasteiger partial charge in [0.05, 0.1) is 45.1 Å². The summed E-state index contributed by atoms with van der Waals surface area (Å²) in [5.41, 5.74) is 20.6. The summed E-state index contributed by atoms with van der Waals surface area (Å²) in [6.45, 7) is 10.9. The van der Waals surface area contributed by atoms with E-state index in [2.05, 4.69) is 189 Å². The van der Waals surface area contributed by atoms with Gasteiger partial charge in [0.2, 0.25) is 0 Å². The van der Waals surface area contributed by atoms with Crippen LogP contribution in [0.5, 0.6) is 0 Å². The van der Waals surface area contributed by atoms with Gasteiger partial charge in [-0.1, -0.05) is 120 Å². The van der Waals surface area contributed by atoms with Crippen molar-refractivity contribution in [1.82, 2.24) is 9.13 Å². The zero-order valence-corrected chi connectivity index (χ0v) is 32.9. The van der Waals surface area contributed by atoms with Gasteiger partial charge >= 0.3 is 0 Å². The molecule has 2 heterocycles. The normalized spacial score (nSPS) is 11.6. The van der Waals surface area contributed by atoms with Crippen LogP contribution in [0.4, 0.5) is 0 Å². The van der Waals surface area contributed by atoms with E-state index in [0.29, 0.717) is 5.56 Å². The van der Waals surface area contributed by atoms with Crippen molar-refractivity contribution < 1.29 is 0 Å². The molecule has 3 nitrogen and oxygen atoms in total. The smallest absolute Gasteiger partial charge is 0.0991 e. The molecule has 0 spiro atoms. The summed E-state index contributed by atoms with van der Waals surface area (Å²) in [4.78, 5) is 0. The van der Waals surface area contributed by atoms with Crippen molar-refractivity contribution in [3.8, 4) is 50.8 Å². The minimum atomic E-state index is 0.647. The van der Waals surface area contributed by atoms with Crippen LogP contribution in [0.1, 0.15) is 33.4 Å². The molecule has 0 saturated heterocycles. The highest BCUT2D eigenvalue weighted by Gasteiger charge is 2.22. The summed E-state index contributed by atoms with van der Waals surface area (Å²) in [5, 5.41) is 14.8. The maximum atomic E-state index is 9.92. The first-order valence-electron chi connectivity index (χ1n) is 19.6. The van der Waals surface area contributed by atoms with Gasteiger partial charge in [-0.25, -0.2) is 0 Å². The highest BCUT2D eigenvalue weighted by molar-refractivity contribution is 6.13. The van der Waals surface area contributed by atoms with E-state index in [9.17, 15) is 5.26 Å². The Balaban J connectivity index is 1.34. The van der Waals surface area contributed by atoms with E-state index in [1.165, 1.54) is 66.1 Å². The molecule has 10 rings (SSSR count). The minimum Gasteiger partial charge on any atom is -0.307 e. The van der Waals surface area contributed by atoms with E-state index >= 15 is 0 Å². The average Bonchev–Trinajstić information content (AvgIpc) is 3.72. The third-order valence-electron chi connectivity index (χ3n) is 11.8. The Kier molecular flexibility index (Phi) is 7.99. The van der Waals surface area contributed by atoms with E-state index in [1.54, 1.807) is 0 Å². The Morgan fingerprint density at radius 1 is 0.368 bits per heavy atom. The fourth-order valence-electron chi connectivity index (χ4n) is 9.18. The molecule has 272 valence electrons. The van der Waals surface area contributed by atoms with Crippen LogP contribution >= 0.6 is 0 Å². The Morgan fingerprint density at radius 2 is 0.842 bits per heavy atom. The Hall–Kier alpha value is -7.15. The number of aromatic nitrogens is 2. The van der Waals surface area contributed by atoms with E-state index in [4.69, 9.17) is 0 Å². The van der Waals surface area contributed by atoms with Gasteiger partial charge in [-0.3, -0.25) is 0 Å². The second-order valence-corrected chi connectivity index (χ2v) is 15.7. The van der Waals surface area contributed by atoms with E-state index < -0.39 is 0 Å². The zero-order valence-electron chi connectivity index (χ0n) is 32.9. The monoisotopic (exact) mass is 731 g/mol. The maximum absolute atomic E-state index is 9.92. The van der Waals surface area contributed by atoms with Crippen LogP contribution < -0.4 is 0 Å². The van der Waals surface area contributed by atoms with Crippen LogP contribution in [-0.4, -0.2) is 9.13 Å².